The fourth-order valence-electron chi connectivity index (χ4n) is 9.69. The zero-order valence-electron chi connectivity index (χ0n) is 44.2. The van der Waals surface area contributed by atoms with Gasteiger partial charge in [0, 0.05) is 147 Å². The summed E-state index contributed by atoms with van der Waals surface area (Å²) < 4.78 is 30.6. The number of alkyl halides is 2. The van der Waals surface area contributed by atoms with Crippen LogP contribution in [0.15, 0.2) is 110 Å². The normalized spacial score (nSPS) is 17.2. The molecule has 2 unspecified atom stereocenters. The molecule has 2 aliphatic heterocycles. The molecule has 3 amide bonds. The number of hydrogen-bond donors (Lipinski definition) is 6. The van der Waals surface area contributed by atoms with Crippen molar-refractivity contribution < 1.29 is 43.3 Å². The van der Waals surface area contributed by atoms with E-state index in [4.69, 9.17) is 16.6 Å². The highest BCUT2D eigenvalue weighted by molar-refractivity contribution is 8.07. The van der Waals surface area contributed by atoms with Crippen molar-refractivity contribution in [3.05, 3.63) is 156 Å². The molecule has 8 heterocycles. The van der Waals surface area contributed by atoms with Gasteiger partial charge in [0.1, 0.15) is 37.1 Å². The van der Waals surface area contributed by atoms with Crippen LogP contribution in [0, 0.1) is 27.7 Å². The summed E-state index contributed by atoms with van der Waals surface area (Å²) >= 11 is 7.33. The summed E-state index contributed by atoms with van der Waals surface area (Å²) in [6, 6.07) is 21.3. The van der Waals surface area contributed by atoms with E-state index in [1.54, 1.807) is 67.6 Å². The smallest absolute Gasteiger partial charge is 0.323 e. The summed E-state index contributed by atoms with van der Waals surface area (Å²) in [4.78, 5) is 75.1. The molecule has 0 spiro atoms. The molecule has 2 fully saturated rings. The predicted molar refractivity (Wildman–Crippen MR) is 309 cm³/mol. The second kappa shape index (κ2) is 28.0. The molecule has 2 aromatic carbocycles. The lowest BCUT2D eigenvalue weighted by Crippen LogP contribution is -2.45. The third-order valence-corrected chi connectivity index (χ3v) is 13.5. The fraction of sp³-hybridized carbons (Fsp3) is 0.321. The molecule has 8 aromatic rings. The minimum atomic E-state index is -1.23. The Morgan fingerprint density at radius 3 is 1.55 bits per heavy atom. The molecular weight excluding hydrogens is 1090 g/mol. The van der Waals surface area contributed by atoms with Crippen molar-refractivity contribution in [2.75, 3.05) is 13.1 Å². The molecular formula is C56H62F2N12O7S3. The third-order valence-electron chi connectivity index (χ3n) is 13.5. The highest BCUT2D eigenvalue weighted by atomic mass is 32.8. The highest BCUT2D eigenvalue weighted by Crippen LogP contribution is 2.31. The molecule has 2 saturated heterocycles. The Labute approximate surface area is 477 Å². The minimum absolute atomic E-state index is 0. The monoisotopic (exact) mass is 1150 g/mol. The van der Waals surface area contributed by atoms with E-state index in [1.165, 1.54) is 15.7 Å². The van der Waals surface area contributed by atoms with Crippen molar-refractivity contribution in [3.63, 3.8) is 0 Å². The van der Waals surface area contributed by atoms with E-state index in [2.05, 4.69) is 57.6 Å². The number of aliphatic hydroxyl groups is 2. The van der Waals surface area contributed by atoms with E-state index >= 15 is 0 Å². The van der Waals surface area contributed by atoms with Gasteiger partial charge in [-0.05, 0) is 93.8 Å². The number of rotatable bonds is 14. The van der Waals surface area contributed by atoms with E-state index in [9.17, 15) is 38.2 Å². The molecule has 420 valence electrons. The van der Waals surface area contributed by atoms with Crippen LogP contribution in [0.5, 0.6) is 0 Å². The van der Waals surface area contributed by atoms with Crippen LogP contribution in [-0.2, 0) is 57.9 Å². The van der Waals surface area contributed by atoms with Crippen molar-refractivity contribution >= 4 is 81.4 Å². The summed E-state index contributed by atoms with van der Waals surface area (Å²) in [5.41, 5.74) is 19.4. The second-order valence-corrected chi connectivity index (χ2v) is 19.3. The fourth-order valence-corrected chi connectivity index (χ4v) is 9.69. The Bertz CT molecular complexity index is 3460. The number of primary amides is 2. The van der Waals surface area contributed by atoms with Crippen LogP contribution in [0.2, 0.25) is 0 Å². The number of carbonyl (C=O) groups is 4. The van der Waals surface area contributed by atoms with Crippen LogP contribution in [0.4, 0.5) is 8.78 Å². The number of fused-ring (bicyclic) bond motifs is 2. The van der Waals surface area contributed by atoms with Crippen LogP contribution in [0.25, 0.3) is 44.1 Å². The number of nitrogens with zero attached hydrogens (tertiary/aromatic N) is 9. The summed E-state index contributed by atoms with van der Waals surface area (Å²) in [6.45, 7) is 7.25. The number of aryl methyl sites for hydroxylation is 4. The maximum Gasteiger partial charge on any atom is 0.323 e. The number of nitrogens with two attached hydrogens (primary N) is 2. The molecule has 24 heteroatoms. The summed E-state index contributed by atoms with van der Waals surface area (Å²) in [6.07, 6.45) is 7.37. The second-order valence-electron chi connectivity index (χ2n) is 19.3. The van der Waals surface area contributed by atoms with E-state index < -0.39 is 48.4 Å². The highest BCUT2D eigenvalue weighted by Gasteiger charge is 2.40. The van der Waals surface area contributed by atoms with Gasteiger partial charge in [0.15, 0.2) is 0 Å². The zero-order valence-corrected chi connectivity index (χ0v) is 46.9. The molecule has 8 N–H and O–H groups in total. The number of hydrogen-bond acceptors (Lipinski definition) is 15. The lowest BCUT2D eigenvalue weighted by atomic mass is 10.0. The Balaban J connectivity index is 0.000000208. The largest absolute Gasteiger partial charge is 0.480 e. The van der Waals surface area contributed by atoms with Crippen LogP contribution in [0.1, 0.15) is 68.0 Å². The average Bonchev–Trinajstić information content (AvgIpc) is 4.35. The number of pyridine rings is 2. The molecule has 0 bridgehead atoms. The average molecular weight is 1150 g/mol. The lowest BCUT2D eigenvalue weighted by molar-refractivity contribution is -0.137. The first-order valence-corrected chi connectivity index (χ1v) is 26.5. The van der Waals surface area contributed by atoms with Crippen LogP contribution < -0.4 is 16.8 Å². The number of halogens is 2. The van der Waals surface area contributed by atoms with Gasteiger partial charge in [-0.2, -0.15) is 13.5 Å². The summed E-state index contributed by atoms with van der Waals surface area (Å²) in [5, 5.41) is 34.0. The van der Waals surface area contributed by atoms with Crippen LogP contribution >= 0.6 is 13.5 Å². The van der Waals surface area contributed by atoms with E-state index in [1.807, 2.05) is 68.4 Å². The summed E-state index contributed by atoms with van der Waals surface area (Å²) in [5.74, 6) is -1.25. The van der Waals surface area contributed by atoms with Crippen molar-refractivity contribution in [1.82, 2.24) is 49.3 Å². The number of likely N-dealkylation sites (tertiary alicyclic amines) is 1. The Morgan fingerprint density at radius 2 is 1.12 bits per heavy atom. The number of aliphatic hydroxyl groups excluding tert-OH is 2. The third kappa shape index (κ3) is 15.6. The van der Waals surface area contributed by atoms with Gasteiger partial charge in [-0.3, -0.25) is 29.1 Å². The summed E-state index contributed by atoms with van der Waals surface area (Å²) in [7, 11) is 0. The Kier molecular flexibility index (Phi) is 21.6. The number of carboxylic acids is 1. The van der Waals surface area contributed by atoms with Gasteiger partial charge in [0.2, 0.25) is 5.91 Å². The Morgan fingerprint density at radius 1 is 0.662 bits per heavy atom. The van der Waals surface area contributed by atoms with E-state index in [-0.39, 0.29) is 69.0 Å². The maximum atomic E-state index is 14.5. The van der Waals surface area contributed by atoms with Gasteiger partial charge >= 0.3 is 5.97 Å². The van der Waals surface area contributed by atoms with Crippen molar-refractivity contribution in [2.24, 2.45) is 11.5 Å². The number of carboxylic acid groups (broad SMARTS) is 1. The first-order valence-electron chi connectivity index (χ1n) is 25.1. The minimum Gasteiger partial charge on any atom is -0.480 e. The lowest BCUT2D eigenvalue weighted by Gasteiger charge is -2.28. The van der Waals surface area contributed by atoms with Crippen molar-refractivity contribution in [3.8, 4) is 22.3 Å². The molecule has 10 rings (SSSR count). The molecule has 0 aliphatic carbocycles. The Hall–Kier alpha value is -7.61. The number of aliphatic carboxylic acids is 1. The first-order chi connectivity index (χ1) is 37.8. The number of nitrogens with one attached hydrogen (secondary N) is 1. The molecule has 2 aliphatic rings. The van der Waals surface area contributed by atoms with Gasteiger partial charge in [0.05, 0.1) is 35.9 Å². The molecule has 0 saturated carbocycles. The maximum absolute atomic E-state index is 14.5. The van der Waals surface area contributed by atoms with E-state index in [0.29, 0.717) is 58.5 Å². The number of benzene rings is 2. The van der Waals surface area contributed by atoms with Gasteiger partial charge < -0.3 is 46.1 Å². The van der Waals surface area contributed by atoms with Gasteiger partial charge in [-0.25, -0.2) is 28.7 Å². The van der Waals surface area contributed by atoms with Gasteiger partial charge in [-0.15, -0.1) is 0 Å². The molecule has 0 radical (unpaired) electrons. The predicted octanol–water partition coefficient (Wildman–Crippen LogP) is 5.44. The van der Waals surface area contributed by atoms with Gasteiger partial charge in [0.25, 0.3) is 11.8 Å². The molecule has 6 atom stereocenters. The first kappa shape index (κ1) is 61.6. The van der Waals surface area contributed by atoms with Gasteiger partial charge in [-0.1, -0.05) is 24.3 Å². The van der Waals surface area contributed by atoms with E-state index in [0.717, 1.165) is 39.3 Å². The van der Waals surface area contributed by atoms with Crippen molar-refractivity contribution in [2.45, 2.75) is 103 Å². The molecule has 19 nitrogen and oxygen atoms in total. The van der Waals surface area contributed by atoms with Crippen LogP contribution in [-0.4, -0.2) is 133 Å². The zero-order chi connectivity index (χ0) is 57.1. The number of amides is 3. The van der Waals surface area contributed by atoms with Crippen LogP contribution in [0.3, 0.4) is 0 Å². The molecule has 80 heavy (non-hydrogen) atoms. The molecule has 6 aromatic heterocycles. The number of aromatic nitrogens is 8. The van der Waals surface area contributed by atoms with Crippen molar-refractivity contribution in [1.29, 1.82) is 0 Å². The number of carbonyl (C=O) groups excluding carboxylic acids is 3. The standard InChI is InChI=1S/C28H29FN6O3.C16H14N4O3.C12H17FN2O.S2.H2S/c1-16-4-3-5-21(33-16)10-26(36)25-9-20(29)13-35(25)27(37)15-34-14-23(28(30)38)22-8-18(6-7-24(22)34)19-11-31-17(2)32-12-19;1-9-18-5-11(6-19-9)10-2-3-14-12(4-10)13(16(17)23)7-20(14)8-15(21)22;1-8-3-2-4-10(15-8)6-12(16)11-5-9(13)7-14-11;1-2;/h3-8,11-12,14,20,25-26,36H,9-10,13,15H2,1-2H3,(H2,30,38);2-7H,8H2,1H3,(H2,17,23)(H,21,22);2-4,9,11-12,14,16H,5-7H2,1H3;;1H2/t20-,25-,26?;;9-,11-,12?;;/m1.1../s1. The quantitative estimate of drug-likeness (QED) is 0.0790. The SMILES string of the molecule is Cc1cccc(CC(O)[C@H]2C[C@@H](F)CN2)n1.Cc1cccc(CC(O)[C@H]2C[C@@H](F)CN2C(=O)Cn2cc(C(N)=O)c3cc(-c4cnc(C)nc4)ccc32)n1.Cc1ncc(-c2ccc3c(c2)c(C(N)=O)cn3CC(=O)O)cn1.S.S=S. The topological polar surface area (TPSA) is 283 Å².